The van der Waals surface area contributed by atoms with Crippen molar-refractivity contribution in [2.75, 3.05) is 0 Å². The lowest BCUT2D eigenvalue weighted by atomic mass is 9.88. The molecule has 4 heteroatoms. The zero-order chi connectivity index (χ0) is 12.9. The highest BCUT2D eigenvalue weighted by atomic mass is 16.2. The largest absolute Gasteiger partial charge is 0.316 e. The first-order valence-corrected chi connectivity index (χ1v) is 6.66. The van der Waals surface area contributed by atoms with Crippen LogP contribution in [0.3, 0.4) is 0 Å². The van der Waals surface area contributed by atoms with Crippen molar-refractivity contribution in [1.29, 1.82) is 0 Å². The quantitative estimate of drug-likeness (QED) is 0.402. The van der Waals surface area contributed by atoms with Crippen LogP contribution in [0.1, 0.15) is 58.8 Å². The molecule has 0 amide bonds. The predicted molar refractivity (Wildman–Crippen MR) is 67.5 cm³/mol. The molecule has 1 rings (SSSR count). The fourth-order valence-corrected chi connectivity index (χ4v) is 2.38. The number of ketones is 2. The summed E-state index contributed by atoms with van der Waals surface area (Å²) < 4.78 is 0. The topological polar surface area (TPSA) is 72.2 Å². The zero-order valence-electron chi connectivity index (χ0n) is 10.9. The second-order valence-corrected chi connectivity index (χ2v) is 4.87. The maximum Gasteiger partial charge on any atom is 0.160 e. The minimum absolute atomic E-state index is 0.0301. The predicted octanol–water partition coefficient (Wildman–Crippen LogP) is 1.52. The van der Waals surface area contributed by atoms with Crippen LogP contribution in [0.25, 0.3) is 0 Å². The van der Waals surface area contributed by atoms with Gasteiger partial charge >= 0.3 is 0 Å². The first kappa shape index (κ1) is 14.3. The molecule has 0 bridgehead atoms. The van der Waals surface area contributed by atoms with Crippen LogP contribution in [0.5, 0.6) is 0 Å². The van der Waals surface area contributed by atoms with E-state index in [-0.39, 0.29) is 17.7 Å². The molecule has 4 nitrogen and oxygen atoms in total. The molecular weight excluding hydrogens is 216 g/mol. The molecule has 0 aromatic heterocycles. The molecule has 0 heterocycles. The third kappa shape index (κ3) is 3.13. The Hall–Kier alpha value is -0.740. The number of hydrogen-bond acceptors (Lipinski definition) is 4. The summed E-state index contributed by atoms with van der Waals surface area (Å²) in [6.45, 7) is 4.05. The minimum Gasteiger partial charge on any atom is -0.316 e. The summed E-state index contributed by atoms with van der Waals surface area (Å²) in [6.07, 6.45) is 4.81. The smallest absolute Gasteiger partial charge is 0.160 e. The third-order valence-corrected chi connectivity index (χ3v) is 3.56. The highest BCUT2D eigenvalue weighted by Gasteiger charge is 2.49. The Morgan fingerprint density at radius 3 is 2.29 bits per heavy atom. The monoisotopic (exact) mass is 240 g/mol. The van der Waals surface area contributed by atoms with E-state index in [1.54, 1.807) is 0 Å². The molecule has 1 saturated carbocycles. The van der Waals surface area contributed by atoms with Crippen molar-refractivity contribution in [1.82, 2.24) is 5.32 Å². The second kappa shape index (κ2) is 6.26. The number of nitrogens with one attached hydrogen (secondary N) is 1. The van der Waals surface area contributed by atoms with E-state index in [1.807, 2.05) is 6.92 Å². The Bertz CT molecular complexity index is 273. The average Bonchev–Trinajstić information content (AvgIpc) is 2.58. The van der Waals surface area contributed by atoms with Crippen molar-refractivity contribution in [2.45, 2.75) is 70.5 Å². The van der Waals surface area contributed by atoms with Crippen molar-refractivity contribution in [3.8, 4) is 0 Å². The van der Waals surface area contributed by atoms with Crippen molar-refractivity contribution in [2.24, 2.45) is 5.73 Å². The molecule has 0 aromatic carbocycles. The van der Waals surface area contributed by atoms with Crippen LogP contribution in [-0.4, -0.2) is 23.3 Å². The molecular formula is C13H24N2O2. The fraction of sp³-hybridized carbons (Fsp3) is 0.846. The van der Waals surface area contributed by atoms with E-state index in [4.69, 9.17) is 5.73 Å². The summed E-state index contributed by atoms with van der Waals surface area (Å²) in [5, 5.41) is 3.08. The Morgan fingerprint density at radius 2 is 1.82 bits per heavy atom. The number of unbranched alkanes of at least 4 members (excludes halogenated alkanes) is 2. The second-order valence-electron chi connectivity index (χ2n) is 4.87. The van der Waals surface area contributed by atoms with Gasteiger partial charge in [0, 0.05) is 12.8 Å². The van der Waals surface area contributed by atoms with Gasteiger partial charge in [0.1, 0.15) is 5.54 Å². The van der Waals surface area contributed by atoms with E-state index < -0.39 is 5.54 Å². The Labute approximate surface area is 103 Å². The zero-order valence-corrected chi connectivity index (χ0v) is 10.9. The molecule has 1 aliphatic rings. The molecule has 0 radical (unpaired) electrons. The lowest BCUT2D eigenvalue weighted by Crippen LogP contribution is -2.60. The molecule has 1 aliphatic carbocycles. The first-order chi connectivity index (χ1) is 8.06. The molecule has 17 heavy (non-hydrogen) atoms. The summed E-state index contributed by atoms with van der Waals surface area (Å²) in [7, 11) is 0. The van der Waals surface area contributed by atoms with E-state index in [9.17, 15) is 9.59 Å². The molecule has 98 valence electrons. The van der Waals surface area contributed by atoms with Gasteiger partial charge in [-0.15, -0.1) is 0 Å². The van der Waals surface area contributed by atoms with Crippen LogP contribution in [0.2, 0.25) is 0 Å². The Morgan fingerprint density at radius 1 is 1.24 bits per heavy atom. The molecule has 3 N–H and O–H groups in total. The summed E-state index contributed by atoms with van der Waals surface area (Å²) >= 11 is 0. The molecule has 0 saturated heterocycles. The van der Waals surface area contributed by atoms with Crippen molar-refractivity contribution in [3.05, 3.63) is 0 Å². The molecule has 0 spiro atoms. The van der Waals surface area contributed by atoms with Gasteiger partial charge in [-0.05, 0) is 12.8 Å². The van der Waals surface area contributed by atoms with E-state index >= 15 is 0 Å². The normalized spacial score (nSPS) is 20.9. The highest BCUT2D eigenvalue weighted by Crippen LogP contribution is 2.28. The SMILES string of the molecule is CCCCCC1(NC(N)CC)C(=O)CCC1=O. The lowest BCUT2D eigenvalue weighted by molar-refractivity contribution is -0.131. The summed E-state index contributed by atoms with van der Waals surface area (Å²) in [5.74, 6) is 0.0602. The van der Waals surface area contributed by atoms with Gasteiger partial charge < -0.3 is 5.73 Å². The van der Waals surface area contributed by atoms with Gasteiger partial charge in [-0.2, -0.15) is 0 Å². The summed E-state index contributed by atoms with van der Waals surface area (Å²) in [5.41, 5.74) is 4.88. The Kier molecular flexibility index (Phi) is 5.28. The standard InChI is InChI=1S/C13H24N2O2/c1-3-5-6-9-13(15-12(14)4-2)10(16)7-8-11(13)17/h12,15H,3-9,14H2,1-2H3. The molecule has 0 aromatic rings. The number of hydrogen-bond donors (Lipinski definition) is 2. The Balaban J connectivity index is 2.76. The minimum atomic E-state index is -0.968. The fourth-order valence-electron chi connectivity index (χ4n) is 2.38. The summed E-state index contributed by atoms with van der Waals surface area (Å²) in [6, 6.07) is 0. The van der Waals surface area contributed by atoms with Crippen LogP contribution >= 0.6 is 0 Å². The van der Waals surface area contributed by atoms with E-state index in [0.29, 0.717) is 19.3 Å². The van der Waals surface area contributed by atoms with Gasteiger partial charge in [0.05, 0.1) is 6.17 Å². The number of rotatable bonds is 7. The van der Waals surface area contributed by atoms with E-state index in [1.165, 1.54) is 0 Å². The molecule has 1 atom stereocenters. The number of Topliss-reactive ketones (excluding diaryl/α,β-unsaturated/α-hetero) is 2. The average molecular weight is 240 g/mol. The van der Waals surface area contributed by atoms with Crippen LogP contribution < -0.4 is 11.1 Å². The van der Waals surface area contributed by atoms with Gasteiger partial charge in [0.15, 0.2) is 11.6 Å². The number of nitrogens with two attached hydrogens (primary N) is 1. The van der Waals surface area contributed by atoms with Gasteiger partial charge in [-0.1, -0.05) is 33.1 Å². The molecule has 1 unspecified atom stereocenters. The maximum absolute atomic E-state index is 12.0. The van der Waals surface area contributed by atoms with Gasteiger partial charge in [0.25, 0.3) is 0 Å². The van der Waals surface area contributed by atoms with Crippen LogP contribution in [0.4, 0.5) is 0 Å². The van der Waals surface area contributed by atoms with Gasteiger partial charge in [0.2, 0.25) is 0 Å². The van der Waals surface area contributed by atoms with E-state index in [0.717, 1.165) is 25.7 Å². The van der Waals surface area contributed by atoms with E-state index in [2.05, 4.69) is 12.2 Å². The van der Waals surface area contributed by atoms with Gasteiger partial charge in [-0.3, -0.25) is 14.9 Å². The number of carbonyl (C=O) groups is 2. The molecule has 1 fully saturated rings. The third-order valence-electron chi connectivity index (χ3n) is 3.56. The van der Waals surface area contributed by atoms with Crippen molar-refractivity contribution in [3.63, 3.8) is 0 Å². The van der Waals surface area contributed by atoms with Crippen molar-refractivity contribution >= 4 is 11.6 Å². The van der Waals surface area contributed by atoms with Crippen LogP contribution in [-0.2, 0) is 9.59 Å². The van der Waals surface area contributed by atoms with Gasteiger partial charge in [-0.25, -0.2) is 0 Å². The van der Waals surface area contributed by atoms with Crippen molar-refractivity contribution < 1.29 is 9.59 Å². The van der Waals surface area contributed by atoms with Crippen LogP contribution in [0, 0.1) is 0 Å². The summed E-state index contributed by atoms with van der Waals surface area (Å²) in [4.78, 5) is 24.0. The maximum atomic E-state index is 12.0. The first-order valence-electron chi connectivity index (χ1n) is 6.66. The number of carbonyl (C=O) groups excluding carboxylic acids is 2. The highest BCUT2D eigenvalue weighted by molar-refractivity contribution is 6.17. The lowest BCUT2D eigenvalue weighted by Gasteiger charge is -2.30. The van der Waals surface area contributed by atoms with Crippen LogP contribution in [0.15, 0.2) is 0 Å². The molecule has 0 aliphatic heterocycles.